The van der Waals surface area contributed by atoms with Crippen LogP contribution in [0.1, 0.15) is 11.4 Å². The van der Waals surface area contributed by atoms with E-state index in [0.717, 1.165) is 35.0 Å². The van der Waals surface area contributed by atoms with Crippen molar-refractivity contribution in [2.24, 2.45) is 0 Å². The van der Waals surface area contributed by atoms with Crippen LogP contribution >= 0.6 is 11.3 Å². The van der Waals surface area contributed by atoms with Crippen molar-refractivity contribution < 1.29 is 9.47 Å². The summed E-state index contributed by atoms with van der Waals surface area (Å²) in [6.07, 6.45) is 1.99. The number of hydrogen-bond donors (Lipinski definition) is 1. The van der Waals surface area contributed by atoms with Crippen LogP contribution in [-0.2, 0) is 6.42 Å². The fourth-order valence-electron chi connectivity index (χ4n) is 1.94. The second kappa shape index (κ2) is 7.21. The summed E-state index contributed by atoms with van der Waals surface area (Å²) in [5, 5.41) is 13.5. The Hall–Kier alpha value is -1.66. The molecular weight excluding hydrogens is 274 g/mol. The molecule has 1 aromatic carbocycles. The molecule has 5 nitrogen and oxygen atoms in total. The van der Waals surface area contributed by atoms with Gasteiger partial charge in [0.05, 0.1) is 19.8 Å². The van der Waals surface area contributed by atoms with Gasteiger partial charge in [-0.15, -0.1) is 10.2 Å². The lowest BCUT2D eigenvalue weighted by Gasteiger charge is -2.10. The highest BCUT2D eigenvalue weighted by Crippen LogP contribution is 2.38. The number of nitrogens with one attached hydrogen (secondary N) is 1. The number of aryl methyl sites for hydroxylation is 1. The third kappa shape index (κ3) is 3.26. The van der Waals surface area contributed by atoms with E-state index >= 15 is 0 Å². The van der Waals surface area contributed by atoms with Crippen LogP contribution in [0.2, 0.25) is 0 Å². The number of methoxy groups -OCH3 is 2. The Labute approximate surface area is 123 Å². The van der Waals surface area contributed by atoms with E-state index in [1.165, 1.54) is 0 Å². The minimum absolute atomic E-state index is 0.702. The lowest BCUT2D eigenvalue weighted by Crippen LogP contribution is -2.08. The molecular formula is C14H19N3O2S. The molecule has 20 heavy (non-hydrogen) atoms. The molecule has 0 saturated heterocycles. The number of hydrogen-bond acceptors (Lipinski definition) is 6. The summed E-state index contributed by atoms with van der Waals surface area (Å²) >= 11 is 1.60. The molecule has 1 heterocycles. The van der Waals surface area contributed by atoms with Gasteiger partial charge in [0.2, 0.25) is 0 Å². The number of benzene rings is 1. The maximum Gasteiger partial charge on any atom is 0.171 e. The summed E-state index contributed by atoms with van der Waals surface area (Å²) in [5.41, 5.74) is 0.921. The van der Waals surface area contributed by atoms with Crippen LogP contribution in [0.4, 0.5) is 0 Å². The Balaban J connectivity index is 2.23. The number of nitrogens with zero attached hydrogens (tertiary/aromatic N) is 2. The summed E-state index contributed by atoms with van der Waals surface area (Å²) in [7, 11) is 5.22. The molecule has 0 saturated carbocycles. The SMILES string of the molecule is CNCCCc1nnc(-c2cccc(OC)c2OC)s1. The first-order valence-electron chi connectivity index (χ1n) is 6.48. The van der Waals surface area contributed by atoms with Crippen LogP contribution in [0.5, 0.6) is 11.5 Å². The Bertz CT molecular complexity index is 557. The van der Waals surface area contributed by atoms with Gasteiger partial charge >= 0.3 is 0 Å². The molecule has 0 atom stereocenters. The third-order valence-electron chi connectivity index (χ3n) is 2.92. The predicted molar refractivity (Wildman–Crippen MR) is 80.7 cm³/mol. The number of ether oxygens (including phenoxy) is 2. The minimum atomic E-state index is 0.702. The summed E-state index contributed by atoms with van der Waals surface area (Å²) in [6.45, 7) is 0.984. The van der Waals surface area contributed by atoms with Crippen molar-refractivity contribution >= 4 is 11.3 Å². The fraction of sp³-hybridized carbons (Fsp3) is 0.429. The normalized spacial score (nSPS) is 10.6. The van der Waals surface area contributed by atoms with Crippen molar-refractivity contribution in [3.63, 3.8) is 0 Å². The molecule has 1 aromatic heterocycles. The molecule has 0 aliphatic heterocycles. The van der Waals surface area contributed by atoms with E-state index in [0.29, 0.717) is 11.5 Å². The van der Waals surface area contributed by atoms with E-state index in [4.69, 9.17) is 9.47 Å². The van der Waals surface area contributed by atoms with Crippen molar-refractivity contribution in [3.05, 3.63) is 23.2 Å². The van der Waals surface area contributed by atoms with E-state index in [9.17, 15) is 0 Å². The van der Waals surface area contributed by atoms with E-state index in [1.54, 1.807) is 25.6 Å². The Morgan fingerprint density at radius 1 is 1.20 bits per heavy atom. The van der Waals surface area contributed by atoms with Crippen molar-refractivity contribution in [2.45, 2.75) is 12.8 Å². The summed E-state index contributed by atoms with van der Waals surface area (Å²) < 4.78 is 10.7. The van der Waals surface area contributed by atoms with Gasteiger partial charge in [0.1, 0.15) is 5.01 Å². The molecule has 0 unspecified atom stereocenters. The third-order valence-corrected chi connectivity index (χ3v) is 3.93. The van der Waals surface area contributed by atoms with E-state index in [2.05, 4.69) is 15.5 Å². The van der Waals surface area contributed by atoms with Crippen molar-refractivity contribution in [3.8, 4) is 22.1 Å². The first-order chi connectivity index (χ1) is 9.80. The molecule has 0 aliphatic carbocycles. The van der Waals surface area contributed by atoms with Crippen molar-refractivity contribution in [2.75, 3.05) is 27.8 Å². The predicted octanol–water partition coefficient (Wildman–Crippen LogP) is 2.37. The molecule has 0 spiro atoms. The van der Waals surface area contributed by atoms with Gasteiger partial charge in [-0.2, -0.15) is 0 Å². The number of rotatable bonds is 7. The molecule has 0 bridgehead atoms. The van der Waals surface area contributed by atoms with Gasteiger partial charge in [-0.3, -0.25) is 0 Å². The average molecular weight is 293 g/mol. The first-order valence-corrected chi connectivity index (χ1v) is 7.30. The fourth-order valence-corrected chi connectivity index (χ4v) is 2.84. The molecule has 0 amide bonds. The Kier molecular flexibility index (Phi) is 5.31. The maximum absolute atomic E-state index is 5.43. The molecule has 2 aromatic rings. The van der Waals surface area contributed by atoms with Crippen molar-refractivity contribution in [1.82, 2.24) is 15.5 Å². The molecule has 0 fully saturated rings. The van der Waals surface area contributed by atoms with Gasteiger partial charge in [0, 0.05) is 6.42 Å². The van der Waals surface area contributed by atoms with Crippen molar-refractivity contribution in [1.29, 1.82) is 0 Å². The van der Waals surface area contributed by atoms with E-state index in [1.807, 2.05) is 25.2 Å². The molecule has 2 rings (SSSR count). The van der Waals surface area contributed by atoms with E-state index < -0.39 is 0 Å². The molecule has 108 valence electrons. The van der Waals surface area contributed by atoms with Gasteiger partial charge in [-0.05, 0) is 32.1 Å². The average Bonchev–Trinajstić information content (AvgIpc) is 2.95. The lowest BCUT2D eigenvalue weighted by molar-refractivity contribution is 0.356. The molecule has 0 radical (unpaired) electrons. The van der Waals surface area contributed by atoms with Crippen LogP contribution in [0, 0.1) is 0 Å². The topological polar surface area (TPSA) is 56.3 Å². The van der Waals surface area contributed by atoms with Crippen LogP contribution < -0.4 is 14.8 Å². The highest BCUT2D eigenvalue weighted by atomic mass is 32.1. The zero-order valence-corrected chi connectivity index (χ0v) is 12.8. The quantitative estimate of drug-likeness (QED) is 0.794. The molecule has 0 aliphatic rings. The summed E-state index contributed by atoms with van der Waals surface area (Å²) in [6, 6.07) is 5.77. The molecule has 6 heteroatoms. The molecule has 1 N–H and O–H groups in total. The van der Waals surface area contributed by atoms with Gasteiger partial charge < -0.3 is 14.8 Å². The summed E-state index contributed by atoms with van der Waals surface area (Å²) in [5.74, 6) is 1.41. The Morgan fingerprint density at radius 2 is 2.05 bits per heavy atom. The first kappa shape index (κ1) is 14.7. The van der Waals surface area contributed by atoms with Crippen LogP contribution in [0.15, 0.2) is 18.2 Å². The lowest BCUT2D eigenvalue weighted by atomic mass is 10.2. The van der Waals surface area contributed by atoms with Crippen LogP contribution in [0.25, 0.3) is 10.6 Å². The second-order valence-corrected chi connectivity index (χ2v) is 5.31. The van der Waals surface area contributed by atoms with Crippen LogP contribution in [-0.4, -0.2) is 38.0 Å². The smallest absolute Gasteiger partial charge is 0.171 e. The summed E-state index contributed by atoms with van der Waals surface area (Å²) in [4.78, 5) is 0. The van der Waals surface area contributed by atoms with Gasteiger partial charge in [0.25, 0.3) is 0 Å². The number of para-hydroxylation sites is 1. The monoisotopic (exact) mass is 293 g/mol. The van der Waals surface area contributed by atoms with Gasteiger partial charge in [-0.1, -0.05) is 17.4 Å². The Morgan fingerprint density at radius 3 is 2.75 bits per heavy atom. The largest absolute Gasteiger partial charge is 0.493 e. The van der Waals surface area contributed by atoms with Gasteiger partial charge in [0.15, 0.2) is 16.5 Å². The zero-order valence-electron chi connectivity index (χ0n) is 12.0. The highest BCUT2D eigenvalue weighted by molar-refractivity contribution is 7.14. The zero-order chi connectivity index (χ0) is 14.4. The standard InChI is InChI=1S/C14H19N3O2S/c1-15-9-5-8-12-16-17-14(20-12)10-6-4-7-11(18-2)13(10)19-3/h4,6-7,15H,5,8-9H2,1-3H3. The maximum atomic E-state index is 5.43. The van der Waals surface area contributed by atoms with Crippen LogP contribution in [0.3, 0.4) is 0 Å². The number of aromatic nitrogens is 2. The minimum Gasteiger partial charge on any atom is -0.493 e. The van der Waals surface area contributed by atoms with E-state index in [-0.39, 0.29) is 0 Å². The highest BCUT2D eigenvalue weighted by Gasteiger charge is 2.15. The second-order valence-electron chi connectivity index (χ2n) is 4.25. The van der Waals surface area contributed by atoms with Gasteiger partial charge in [-0.25, -0.2) is 0 Å².